The van der Waals surface area contributed by atoms with Crippen molar-refractivity contribution in [3.63, 3.8) is 0 Å². The van der Waals surface area contributed by atoms with Crippen molar-refractivity contribution >= 4 is 5.97 Å². The van der Waals surface area contributed by atoms with E-state index in [2.05, 4.69) is 5.32 Å². The Kier molecular flexibility index (Phi) is 5.08. The number of hydrogen-bond acceptors (Lipinski definition) is 4. The first-order chi connectivity index (χ1) is 8.96. The number of carbonyl (C=O) groups is 1. The molecule has 0 spiro atoms. The van der Waals surface area contributed by atoms with E-state index in [-0.39, 0.29) is 5.92 Å². The monoisotopic (exact) mass is 297 g/mol. The summed E-state index contributed by atoms with van der Waals surface area (Å²) in [5.74, 6) is -0.931. The van der Waals surface area contributed by atoms with Crippen LogP contribution in [0.15, 0.2) is 0 Å². The van der Waals surface area contributed by atoms with Crippen LogP contribution in [0.5, 0.6) is 0 Å². The summed E-state index contributed by atoms with van der Waals surface area (Å²) in [6.45, 7) is 5.57. The molecule has 0 radical (unpaired) electrons. The Balaban J connectivity index is 2.61. The molecule has 1 rings (SSSR count). The molecule has 1 atom stereocenters. The number of rotatable bonds is 4. The molecule has 1 unspecified atom stereocenters. The van der Waals surface area contributed by atoms with Gasteiger partial charge >= 0.3 is 12.1 Å². The molecule has 0 bridgehead atoms. The van der Waals surface area contributed by atoms with Gasteiger partial charge in [-0.3, -0.25) is 4.79 Å². The van der Waals surface area contributed by atoms with Gasteiger partial charge in [-0.2, -0.15) is 13.2 Å². The van der Waals surface area contributed by atoms with Crippen molar-refractivity contribution in [2.24, 2.45) is 5.92 Å². The summed E-state index contributed by atoms with van der Waals surface area (Å²) in [6, 6.07) is 0. The van der Waals surface area contributed by atoms with E-state index in [9.17, 15) is 23.1 Å². The maximum absolute atomic E-state index is 12.5. The minimum atomic E-state index is -4.86. The van der Waals surface area contributed by atoms with Gasteiger partial charge in [0.2, 0.25) is 0 Å². The van der Waals surface area contributed by atoms with Crippen LogP contribution in [0.25, 0.3) is 0 Å². The number of piperidine rings is 1. The maximum Gasteiger partial charge on any atom is 0.417 e. The van der Waals surface area contributed by atoms with Crippen molar-refractivity contribution in [3.8, 4) is 0 Å². The smallest absolute Gasteiger partial charge is 0.417 e. The molecule has 1 heterocycles. The highest BCUT2D eigenvalue weighted by atomic mass is 19.4. The van der Waals surface area contributed by atoms with Crippen molar-refractivity contribution in [1.82, 2.24) is 5.32 Å². The Hall–Kier alpha value is -0.820. The Morgan fingerprint density at radius 1 is 1.25 bits per heavy atom. The van der Waals surface area contributed by atoms with Crippen molar-refractivity contribution in [2.45, 2.75) is 57.4 Å². The van der Waals surface area contributed by atoms with E-state index in [4.69, 9.17) is 4.74 Å². The van der Waals surface area contributed by atoms with E-state index in [0.29, 0.717) is 6.92 Å². The van der Waals surface area contributed by atoms with E-state index < -0.39 is 29.8 Å². The molecular weight excluding hydrogens is 275 g/mol. The van der Waals surface area contributed by atoms with Crippen LogP contribution in [0.2, 0.25) is 0 Å². The molecule has 1 fully saturated rings. The zero-order valence-corrected chi connectivity index (χ0v) is 12.0. The van der Waals surface area contributed by atoms with Crippen molar-refractivity contribution in [1.29, 1.82) is 0 Å². The first kappa shape index (κ1) is 17.2. The first-order valence-corrected chi connectivity index (χ1v) is 6.67. The molecule has 4 nitrogen and oxygen atoms in total. The fourth-order valence-electron chi connectivity index (χ4n) is 2.31. The van der Waals surface area contributed by atoms with Gasteiger partial charge in [0.1, 0.15) is 5.60 Å². The quantitative estimate of drug-likeness (QED) is 0.779. The van der Waals surface area contributed by atoms with Crippen LogP contribution in [-0.2, 0) is 9.53 Å². The second kappa shape index (κ2) is 5.89. The Morgan fingerprint density at radius 2 is 1.75 bits per heavy atom. The molecule has 0 aliphatic carbocycles. The predicted molar refractivity (Wildman–Crippen MR) is 67.1 cm³/mol. The third-order valence-corrected chi connectivity index (χ3v) is 3.80. The Bertz CT molecular complexity index is 347. The molecule has 0 aromatic rings. The molecule has 7 heteroatoms. The average molecular weight is 297 g/mol. The molecule has 0 saturated carbocycles. The van der Waals surface area contributed by atoms with Crippen LogP contribution >= 0.6 is 0 Å². The van der Waals surface area contributed by atoms with E-state index in [1.54, 1.807) is 13.8 Å². The zero-order valence-electron chi connectivity index (χ0n) is 12.0. The Morgan fingerprint density at radius 3 is 2.20 bits per heavy atom. The van der Waals surface area contributed by atoms with Gasteiger partial charge in [0.15, 0.2) is 5.60 Å². The predicted octanol–water partition coefficient (Wildman–Crippen LogP) is 2.01. The second-order valence-corrected chi connectivity index (χ2v) is 6.05. The largest absolute Gasteiger partial charge is 0.459 e. The van der Waals surface area contributed by atoms with Gasteiger partial charge in [-0.1, -0.05) is 0 Å². The second-order valence-electron chi connectivity index (χ2n) is 6.05. The summed E-state index contributed by atoms with van der Waals surface area (Å²) in [5.41, 5.74) is -3.89. The van der Waals surface area contributed by atoms with Crippen LogP contribution in [-0.4, -0.2) is 41.5 Å². The van der Waals surface area contributed by atoms with Gasteiger partial charge in [-0.05, 0) is 46.7 Å². The van der Waals surface area contributed by atoms with E-state index in [1.165, 1.54) is 0 Å². The molecule has 0 aromatic carbocycles. The summed E-state index contributed by atoms with van der Waals surface area (Å²) in [7, 11) is 0. The molecule has 1 saturated heterocycles. The lowest BCUT2D eigenvalue weighted by Gasteiger charge is -2.37. The van der Waals surface area contributed by atoms with Crippen LogP contribution in [0.4, 0.5) is 13.2 Å². The standard InChI is InChI=1S/C13H22F3NO3/c1-11(2,9-4-6-17-7-5-9)20-10(18)8-12(3,19)13(14,15)16/h9,17,19H,4-8H2,1-3H3. The lowest BCUT2D eigenvalue weighted by Crippen LogP contribution is -2.47. The maximum atomic E-state index is 12.5. The van der Waals surface area contributed by atoms with Gasteiger partial charge in [0.25, 0.3) is 0 Å². The van der Waals surface area contributed by atoms with E-state index >= 15 is 0 Å². The first-order valence-electron chi connectivity index (χ1n) is 6.67. The minimum Gasteiger partial charge on any atom is -0.459 e. The number of nitrogens with one attached hydrogen (secondary N) is 1. The third kappa shape index (κ3) is 4.34. The number of ether oxygens (including phenoxy) is 1. The SMILES string of the molecule is CC(C)(OC(=O)CC(C)(O)C(F)(F)F)C1CCNCC1. The van der Waals surface area contributed by atoms with Gasteiger partial charge in [-0.15, -0.1) is 0 Å². The van der Waals surface area contributed by atoms with Crippen LogP contribution < -0.4 is 5.32 Å². The number of aliphatic hydroxyl groups is 1. The fourth-order valence-corrected chi connectivity index (χ4v) is 2.31. The van der Waals surface area contributed by atoms with Gasteiger partial charge in [-0.25, -0.2) is 0 Å². The van der Waals surface area contributed by atoms with Crippen molar-refractivity contribution in [3.05, 3.63) is 0 Å². The van der Waals surface area contributed by atoms with Crippen LogP contribution in [0.3, 0.4) is 0 Å². The third-order valence-electron chi connectivity index (χ3n) is 3.80. The summed E-state index contributed by atoms with van der Waals surface area (Å²) in [5, 5.41) is 12.5. The molecule has 1 aliphatic heterocycles. The number of hydrogen-bond donors (Lipinski definition) is 2. The zero-order chi connectivity index (χ0) is 15.6. The van der Waals surface area contributed by atoms with E-state index in [0.717, 1.165) is 25.9 Å². The van der Waals surface area contributed by atoms with E-state index in [1.807, 2.05) is 0 Å². The van der Waals surface area contributed by atoms with Crippen molar-refractivity contribution in [2.75, 3.05) is 13.1 Å². The highest BCUT2D eigenvalue weighted by Crippen LogP contribution is 2.34. The summed E-state index contributed by atoms with van der Waals surface area (Å²) in [4.78, 5) is 11.7. The number of esters is 1. The van der Waals surface area contributed by atoms with Crippen LogP contribution in [0.1, 0.15) is 40.0 Å². The summed E-state index contributed by atoms with van der Waals surface area (Å²) < 4.78 is 42.7. The molecule has 0 aromatic heterocycles. The van der Waals surface area contributed by atoms with Gasteiger partial charge in [0, 0.05) is 5.92 Å². The highest BCUT2D eigenvalue weighted by molar-refractivity contribution is 5.71. The lowest BCUT2D eigenvalue weighted by molar-refractivity contribution is -0.257. The fraction of sp³-hybridized carbons (Fsp3) is 0.923. The lowest BCUT2D eigenvalue weighted by atomic mass is 9.83. The number of carbonyl (C=O) groups excluding carboxylic acids is 1. The molecule has 0 amide bonds. The van der Waals surface area contributed by atoms with Crippen LogP contribution in [0, 0.1) is 5.92 Å². The average Bonchev–Trinajstić information content (AvgIpc) is 2.27. The van der Waals surface area contributed by atoms with Gasteiger partial charge < -0.3 is 15.2 Å². The summed E-state index contributed by atoms with van der Waals surface area (Å²) in [6.07, 6.45) is -4.35. The highest BCUT2D eigenvalue weighted by Gasteiger charge is 2.52. The minimum absolute atomic E-state index is 0.100. The number of alkyl halides is 3. The summed E-state index contributed by atoms with van der Waals surface area (Å²) >= 11 is 0. The van der Waals surface area contributed by atoms with Crippen molar-refractivity contribution < 1.29 is 27.8 Å². The van der Waals surface area contributed by atoms with Gasteiger partial charge in [0.05, 0.1) is 6.42 Å². The number of halogens is 3. The molecule has 118 valence electrons. The topological polar surface area (TPSA) is 58.6 Å². The molecular formula is C13H22F3NO3. The molecule has 2 N–H and O–H groups in total. The molecule has 1 aliphatic rings. The normalized spacial score (nSPS) is 21.4. The molecule has 20 heavy (non-hydrogen) atoms. The Labute approximate surface area is 116 Å².